The van der Waals surface area contributed by atoms with Crippen LogP contribution in [0.2, 0.25) is 0 Å². The van der Waals surface area contributed by atoms with E-state index in [4.69, 9.17) is 14.2 Å². The first-order valence-electron chi connectivity index (χ1n) is 26.8. The number of aromatic hydroxyl groups is 24. The minimum atomic E-state index is -6.56. The van der Waals surface area contributed by atoms with Gasteiger partial charge in [-0.3, -0.25) is 28.8 Å². The summed E-state index contributed by atoms with van der Waals surface area (Å²) in [5.74, 6) is -71.7. The number of ether oxygens (including phenoxy) is 3. The third kappa shape index (κ3) is 11.2. The predicted molar refractivity (Wildman–Crippen MR) is 315 cm³/mol. The largest absolute Gasteiger partial charge is 0.504 e. The number of Topliss-reactive ketones (excluding diaryl/α,β-unsaturated/α-hetero) is 6. The monoisotopic (exact) mass is 1400 g/mol. The van der Waals surface area contributed by atoms with Crippen molar-refractivity contribution in [3.63, 3.8) is 0 Å². The van der Waals surface area contributed by atoms with Crippen LogP contribution in [0.1, 0.15) is 82.9 Å². The maximum Gasteiger partial charge on any atom is 0.340 e. The molecule has 0 aliphatic rings. The molecule has 0 radical (unpaired) electrons. The molecule has 0 aliphatic carbocycles. The lowest BCUT2D eigenvalue weighted by Crippen LogP contribution is -2.89. The molecule has 0 heterocycles. The summed E-state index contributed by atoms with van der Waals surface area (Å²) in [6.45, 7) is -3.20. The Morgan fingerprint density at radius 2 is 0.440 bits per heavy atom. The average molecular weight is 1400 g/mol. The number of hydrogen-bond donors (Lipinski definition) is 26. The number of aliphatic hydroxyl groups excluding tert-OH is 1. The lowest BCUT2D eigenvalue weighted by atomic mass is 9.53. The fourth-order valence-electron chi connectivity index (χ4n) is 10.1. The highest BCUT2D eigenvalue weighted by molar-refractivity contribution is 6.53. The summed E-state index contributed by atoms with van der Waals surface area (Å²) in [5.41, 5.74) is -40.7. The number of phenolic OH excluding ortho intramolecular Hbond substituents is 24. The second-order valence-electron chi connectivity index (χ2n) is 21.1. The van der Waals surface area contributed by atoms with Gasteiger partial charge in [0.05, 0.1) is 23.3 Å². The van der Waals surface area contributed by atoms with Crippen molar-refractivity contribution in [2.75, 3.05) is 6.61 Å². The van der Waals surface area contributed by atoms with Gasteiger partial charge in [0, 0.05) is 27.8 Å². The van der Waals surface area contributed by atoms with E-state index in [-0.39, 0.29) is 97.1 Å². The second-order valence-corrected chi connectivity index (χ2v) is 21.1. The highest BCUT2D eigenvalue weighted by Gasteiger charge is 2.89. The maximum atomic E-state index is 17.7. The van der Waals surface area contributed by atoms with Crippen LogP contribution in [0.25, 0.3) is 0 Å². The summed E-state index contributed by atoms with van der Waals surface area (Å²) in [5, 5.41) is 288. The lowest BCUT2D eigenvalue weighted by molar-refractivity contribution is -0.230. The number of ketones is 6. The summed E-state index contributed by atoms with van der Waals surface area (Å²) in [6, 6.07) is -2.89. The van der Waals surface area contributed by atoms with Crippen LogP contribution in [0.5, 0.6) is 138 Å². The van der Waals surface area contributed by atoms with E-state index in [2.05, 4.69) is 0 Å². The minimum Gasteiger partial charge on any atom is -0.504 e. The topological polar surface area (TPSA) is 707 Å². The molecule has 8 rings (SSSR count). The summed E-state index contributed by atoms with van der Waals surface area (Å²) < 4.78 is 17.3. The Kier molecular flexibility index (Phi) is 18.0. The van der Waals surface area contributed by atoms with Gasteiger partial charge in [0.15, 0.2) is 138 Å². The van der Waals surface area contributed by atoms with Crippen molar-refractivity contribution in [1.29, 1.82) is 0 Å². The molecule has 26 N–H and O–H groups in total. The van der Waals surface area contributed by atoms with Gasteiger partial charge in [-0.25, -0.2) is 14.4 Å². The molecule has 520 valence electrons. The maximum absolute atomic E-state index is 17.7. The molecule has 38 nitrogen and oxygen atoms in total. The van der Waals surface area contributed by atoms with Crippen molar-refractivity contribution in [3.05, 3.63) is 142 Å². The number of carbonyl (C=O) groups is 9. The average Bonchev–Trinajstić information content (AvgIpc) is 0.659. The first kappa shape index (κ1) is 71.2. The Balaban J connectivity index is 1.90. The fraction of sp³-hybridized carbons (Fsp3) is 0.0806. The van der Waals surface area contributed by atoms with E-state index in [1.165, 1.54) is 0 Å². The Bertz CT molecular complexity index is 4730. The van der Waals surface area contributed by atoms with Crippen molar-refractivity contribution in [2.45, 2.75) is 22.4 Å². The van der Waals surface area contributed by atoms with Gasteiger partial charge >= 0.3 is 17.9 Å². The number of rotatable bonds is 21. The van der Waals surface area contributed by atoms with Crippen LogP contribution in [0.4, 0.5) is 0 Å². The van der Waals surface area contributed by atoms with Gasteiger partial charge in [-0.15, -0.1) is 0 Å². The van der Waals surface area contributed by atoms with Crippen molar-refractivity contribution < 1.29 is 190 Å². The molecular weight excluding hydrogens is 1350 g/mol. The molecule has 0 spiro atoms. The van der Waals surface area contributed by atoms with E-state index in [1.54, 1.807) is 0 Å². The van der Waals surface area contributed by atoms with Gasteiger partial charge in [-0.1, -0.05) is 0 Å². The second kappa shape index (κ2) is 25.2. The van der Waals surface area contributed by atoms with E-state index in [9.17, 15) is 133 Å². The third-order valence-electron chi connectivity index (χ3n) is 15.0. The molecule has 0 aliphatic heterocycles. The molecule has 0 aromatic heterocycles. The first-order chi connectivity index (χ1) is 46.5. The molecule has 0 unspecified atom stereocenters. The van der Waals surface area contributed by atoms with Crippen LogP contribution < -0.4 is 0 Å². The molecule has 0 saturated heterocycles. The number of carbonyl (C=O) groups excluding carboxylic acids is 9. The zero-order chi connectivity index (χ0) is 74.8. The normalized spacial score (nSPS) is 13.6. The number of benzene rings is 8. The summed E-state index contributed by atoms with van der Waals surface area (Å²) in [6.07, 6.45) is 0. The van der Waals surface area contributed by atoms with E-state index < -0.39 is 264 Å². The molecule has 8 aromatic rings. The summed E-state index contributed by atoms with van der Waals surface area (Å²) in [4.78, 5) is 150. The van der Waals surface area contributed by atoms with E-state index >= 15 is 43.2 Å². The standard InChI is InChI=1S/C62H44O38/c63-17-59(97,51(89)19-3-28(66)44(82)29(67)4-19)61(53(91)21-7-32(70)46(84)33(71)8-21,99-57(95)24-13-38(76)49(87)39(77)14-24)62(54(92)22-9-34(72)47(85)35(73)10-22,100-58(96)25-15-40(78)50(88)41(79)16-25)60(52(90)20-5-30(68)45(83)31(69)6-20,98-56(94)23-11-36(74)48(86)37(75)12-23)55(93)42(80)18-1-26(64)43(81)27(65)2-18/h1-16,63-79,81-88,97H,17H2/t59-,60-,61+,62+/m0/s1. The van der Waals surface area contributed by atoms with Gasteiger partial charge in [0.1, 0.15) is 0 Å². The quantitative estimate of drug-likeness (QED) is 0.0121. The molecule has 8 aromatic carbocycles. The van der Waals surface area contributed by atoms with Crippen LogP contribution >= 0.6 is 0 Å². The lowest BCUT2D eigenvalue weighted by Gasteiger charge is -2.56. The summed E-state index contributed by atoms with van der Waals surface area (Å²) in [7, 11) is 0. The van der Waals surface area contributed by atoms with Crippen LogP contribution in [-0.2, 0) is 19.0 Å². The van der Waals surface area contributed by atoms with Crippen LogP contribution in [0.15, 0.2) is 97.1 Å². The number of aliphatic hydroxyl groups is 2. The van der Waals surface area contributed by atoms with Crippen LogP contribution in [0, 0.1) is 0 Å². The highest BCUT2D eigenvalue weighted by Crippen LogP contribution is 2.58. The predicted octanol–water partition coefficient (Wildman–Crippen LogP) is 1.42. The SMILES string of the molecule is O=C(O[C@](C(=O)C(=O)c1cc(O)c(O)c(O)c1)(C(=O)c1cc(O)c(O)c(O)c1)[C@](OC(=O)c1cc(O)c(O)c(O)c1)(C(=O)c1cc(O)c(O)c(O)c1)[C@@](OC(=O)c1cc(O)c(O)c(O)c1)(C(=O)c1cc(O)c(O)c(O)c1)[C@](O)(CO)C(=O)c1cc(O)c(O)c(O)c1)c1cc(O)c(O)c(O)c1. The Hall–Kier alpha value is -14.7. The Morgan fingerprint density at radius 1 is 0.250 bits per heavy atom. The zero-order valence-corrected chi connectivity index (χ0v) is 49.0. The molecule has 38 heteroatoms. The zero-order valence-electron chi connectivity index (χ0n) is 49.0. The molecule has 100 heavy (non-hydrogen) atoms. The molecule has 0 saturated carbocycles. The number of phenols is 24. The van der Waals surface area contributed by atoms with Gasteiger partial charge < -0.3 is 147 Å². The molecular formula is C62H44O38. The van der Waals surface area contributed by atoms with Crippen molar-refractivity contribution in [2.24, 2.45) is 0 Å². The Labute approximate surface area is 549 Å². The number of esters is 3. The van der Waals surface area contributed by atoms with Crippen molar-refractivity contribution in [1.82, 2.24) is 0 Å². The van der Waals surface area contributed by atoms with Gasteiger partial charge in [-0.05, 0) is 97.1 Å². The van der Waals surface area contributed by atoms with Gasteiger partial charge in [0.2, 0.25) is 34.5 Å². The first-order valence-corrected chi connectivity index (χ1v) is 26.8. The van der Waals surface area contributed by atoms with Crippen molar-refractivity contribution >= 4 is 52.6 Å². The molecule has 0 amide bonds. The Morgan fingerprint density at radius 3 is 0.690 bits per heavy atom. The van der Waals surface area contributed by atoms with E-state index in [0.29, 0.717) is 0 Å². The molecule has 0 fully saturated rings. The smallest absolute Gasteiger partial charge is 0.340 e. The number of hydrogen-bond acceptors (Lipinski definition) is 38. The fourth-order valence-corrected chi connectivity index (χ4v) is 10.1. The van der Waals surface area contributed by atoms with E-state index in [1.807, 2.05) is 0 Å². The molecule has 4 atom stereocenters. The van der Waals surface area contributed by atoms with Gasteiger partial charge in [-0.2, -0.15) is 0 Å². The van der Waals surface area contributed by atoms with Crippen LogP contribution in [0.3, 0.4) is 0 Å². The van der Waals surface area contributed by atoms with E-state index in [0.717, 1.165) is 0 Å². The third-order valence-corrected chi connectivity index (χ3v) is 15.0. The van der Waals surface area contributed by atoms with Crippen LogP contribution in [-0.4, -0.2) is 214 Å². The summed E-state index contributed by atoms with van der Waals surface area (Å²) >= 11 is 0. The van der Waals surface area contributed by atoms with Gasteiger partial charge in [0.25, 0.3) is 22.6 Å². The minimum absolute atomic E-state index is 0.0949. The molecule has 0 bridgehead atoms. The highest BCUT2D eigenvalue weighted by atomic mass is 16.7. The van der Waals surface area contributed by atoms with Crippen molar-refractivity contribution in [3.8, 4) is 138 Å².